The smallest absolute Gasteiger partial charge is 0.207 e. The van der Waals surface area contributed by atoms with Gasteiger partial charge in [-0.05, 0) is 36.4 Å². The predicted octanol–water partition coefficient (Wildman–Crippen LogP) is 5.28. The van der Waals surface area contributed by atoms with Crippen LogP contribution in [0.25, 0.3) is 33.1 Å². The Balaban J connectivity index is 1.92. The lowest BCUT2D eigenvalue weighted by Crippen LogP contribution is -2.05. The van der Waals surface area contributed by atoms with Crippen molar-refractivity contribution in [2.75, 3.05) is 0 Å². The molecule has 0 N–H and O–H groups in total. The summed E-state index contributed by atoms with van der Waals surface area (Å²) in [5, 5.41) is 1.37. The molecular formula is C24H16N2O2S. The zero-order valence-electron chi connectivity index (χ0n) is 15.4. The van der Waals surface area contributed by atoms with Gasteiger partial charge in [-0.3, -0.25) is 4.98 Å². The number of hydrogen-bond donors (Lipinski definition) is 0. The number of rotatable bonds is 3. The summed E-state index contributed by atoms with van der Waals surface area (Å²) in [5.74, 6) is 0. The van der Waals surface area contributed by atoms with E-state index in [1.54, 1.807) is 42.6 Å². The second-order valence-electron chi connectivity index (χ2n) is 6.72. The first-order chi connectivity index (χ1) is 14.1. The van der Waals surface area contributed by atoms with Crippen LogP contribution in [0.1, 0.15) is 0 Å². The van der Waals surface area contributed by atoms with Crippen LogP contribution < -0.4 is 0 Å². The SMILES string of the molecule is O=S(=O)(c1ccccc1)c1cc(-c2ccccc2)nc2ccc3ncccc3c12. The molecule has 0 saturated carbocycles. The first-order valence-corrected chi connectivity index (χ1v) is 10.7. The predicted molar refractivity (Wildman–Crippen MR) is 114 cm³/mol. The van der Waals surface area contributed by atoms with Crippen molar-refractivity contribution >= 4 is 31.6 Å². The number of sulfone groups is 1. The van der Waals surface area contributed by atoms with E-state index in [9.17, 15) is 8.42 Å². The van der Waals surface area contributed by atoms with Crippen molar-refractivity contribution < 1.29 is 8.42 Å². The molecule has 2 aromatic heterocycles. The maximum absolute atomic E-state index is 13.6. The van der Waals surface area contributed by atoms with Crippen molar-refractivity contribution in [2.24, 2.45) is 0 Å². The Morgan fingerprint density at radius 2 is 1.38 bits per heavy atom. The average Bonchev–Trinajstić information content (AvgIpc) is 2.79. The molecule has 5 heteroatoms. The van der Waals surface area contributed by atoms with E-state index in [4.69, 9.17) is 4.98 Å². The molecule has 5 rings (SSSR count). The van der Waals surface area contributed by atoms with Crippen LogP contribution >= 0.6 is 0 Å². The highest BCUT2D eigenvalue weighted by Gasteiger charge is 2.23. The van der Waals surface area contributed by atoms with Crippen LogP contribution in [0, 0.1) is 0 Å². The molecule has 29 heavy (non-hydrogen) atoms. The Bertz CT molecular complexity index is 1450. The van der Waals surface area contributed by atoms with Crippen molar-refractivity contribution in [3.05, 3.63) is 97.2 Å². The molecule has 0 unspecified atom stereocenters. The van der Waals surface area contributed by atoms with Crippen LogP contribution in [0.15, 0.2) is 107 Å². The first kappa shape index (κ1) is 17.5. The van der Waals surface area contributed by atoms with Crippen molar-refractivity contribution in [1.29, 1.82) is 0 Å². The van der Waals surface area contributed by atoms with Gasteiger partial charge < -0.3 is 0 Å². The summed E-state index contributed by atoms with van der Waals surface area (Å²) in [6.07, 6.45) is 1.70. The van der Waals surface area contributed by atoms with E-state index < -0.39 is 9.84 Å². The highest BCUT2D eigenvalue weighted by atomic mass is 32.2. The van der Waals surface area contributed by atoms with Crippen LogP contribution in [0.5, 0.6) is 0 Å². The minimum absolute atomic E-state index is 0.242. The fraction of sp³-hybridized carbons (Fsp3) is 0. The van der Waals surface area contributed by atoms with Crippen LogP contribution in [0.3, 0.4) is 0 Å². The van der Waals surface area contributed by atoms with Gasteiger partial charge in [-0.1, -0.05) is 54.6 Å². The third-order valence-electron chi connectivity index (χ3n) is 4.93. The van der Waals surface area contributed by atoms with Crippen LogP contribution in [-0.2, 0) is 9.84 Å². The number of aromatic nitrogens is 2. The van der Waals surface area contributed by atoms with Gasteiger partial charge in [0, 0.05) is 22.5 Å². The molecule has 0 fully saturated rings. The molecule has 0 radical (unpaired) electrons. The monoisotopic (exact) mass is 396 g/mol. The summed E-state index contributed by atoms with van der Waals surface area (Å²) in [6, 6.07) is 27.2. The lowest BCUT2D eigenvalue weighted by atomic mass is 10.1. The minimum atomic E-state index is -3.76. The zero-order valence-corrected chi connectivity index (χ0v) is 16.2. The fourth-order valence-electron chi connectivity index (χ4n) is 3.55. The van der Waals surface area contributed by atoms with E-state index in [1.165, 1.54) is 0 Å². The normalized spacial score (nSPS) is 11.7. The standard InChI is InChI=1S/C24H16N2O2S/c27-29(28,18-10-5-2-6-11-18)23-16-22(17-8-3-1-4-9-17)26-21-14-13-20-19(24(21)23)12-7-15-25-20/h1-16H. The maximum Gasteiger partial charge on any atom is 0.207 e. The number of hydrogen-bond acceptors (Lipinski definition) is 4. The van der Waals surface area contributed by atoms with Gasteiger partial charge in [0.2, 0.25) is 9.84 Å². The molecule has 0 amide bonds. The number of nitrogens with zero attached hydrogens (tertiary/aromatic N) is 2. The summed E-state index contributed by atoms with van der Waals surface area (Å²) < 4.78 is 27.3. The van der Waals surface area contributed by atoms with E-state index >= 15 is 0 Å². The summed E-state index contributed by atoms with van der Waals surface area (Å²) in [6.45, 7) is 0. The van der Waals surface area contributed by atoms with Gasteiger partial charge in [-0.2, -0.15) is 0 Å². The Morgan fingerprint density at radius 1 is 0.690 bits per heavy atom. The molecule has 0 aliphatic carbocycles. The molecule has 0 atom stereocenters. The number of fused-ring (bicyclic) bond motifs is 3. The molecule has 0 bridgehead atoms. The van der Waals surface area contributed by atoms with Gasteiger partial charge >= 0.3 is 0 Å². The van der Waals surface area contributed by atoms with Gasteiger partial charge in [0.15, 0.2) is 0 Å². The second kappa shape index (κ2) is 6.79. The molecule has 0 saturated heterocycles. The molecule has 4 nitrogen and oxygen atoms in total. The molecule has 3 aromatic carbocycles. The Hall–Kier alpha value is -3.57. The van der Waals surface area contributed by atoms with Crippen LogP contribution in [-0.4, -0.2) is 18.4 Å². The maximum atomic E-state index is 13.6. The van der Waals surface area contributed by atoms with E-state index in [2.05, 4.69) is 4.98 Å². The molecule has 0 spiro atoms. The lowest BCUT2D eigenvalue weighted by molar-refractivity contribution is 0.597. The first-order valence-electron chi connectivity index (χ1n) is 9.19. The molecule has 2 heterocycles. The number of pyridine rings is 2. The summed E-state index contributed by atoms with van der Waals surface area (Å²) >= 11 is 0. The van der Waals surface area contributed by atoms with Gasteiger partial charge in [-0.15, -0.1) is 0 Å². The third-order valence-corrected chi connectivity index (χ3v) is 6.72. The largest absolute Gasteiger partial charge is 0.256 e. The average molecular weight is 396 g/mol. The summed E-state index contributed by atoms with van der Waals surface area (Å²) in [7, 11) is -3.76. The number of benzene rings is 3. The minimum Gasteiger partial charge on any atom is -0.256 e. The fourth-order valence-corrected chi connectivity index (χ4v) is 5.07. The second-order valence-corrected chi connectivity index (χ2v) is 8.64. The van der Waals surface area contributed by atoms with Gasteiger partial charge in [0.25, 0.3) is 0 Å². The van der Waals surface area contributed by atoms with Crippen molar-refractivity contribution in [2.45, 2.75) is 9.79 Å². The molecule has 0 aliphatic rings. The molecular weight excluding hydrogens is 380 g/mol. The van der Waals surface area contributed by atoms with Gasteiger partial charge in [0.1, 0.15) is 0 Å². The summed E-state index contributed by atoms with van der Waals surface area (Å²) in [5.41, 5.74) is 2.85. The van der Waals surface area contributed by atoms with Crippen LogP contribution in [0.2, 0.25) is 0 Å². The topological polar surface area (TPSA) is 59.9 Å². The summed E-state index contributed by atoms with van der Waals surface area (Å²) in [4.78, 5) is 9.66. The third kappa shape index (κ3) is 2.96. The van der Waals surface area contributed by atoms with Gasteiger partial charge in [-0.25, -0.2) is 13.4 Å². The lowest BCUT2D eigenvalue weighted by Gasteiger charge is -2.13. The quantitative estimate of drug-likeness (QED) is 0.389. The van der Waals surface area contributed by atoms with E-state index in [-0.39, 0.29) is 9.79 Å². The zero-order chi connectivity index (χ0) is 19.8. The van der Waals surface area contributed by atoms with Crippen molar-refractivity contribution in [1.82, 2.24) is 9.97 Å². The van der Waals surface area contributed by atoms with E-state index in [1.807, 2.05) is 54.6 Å². The molecule has 140 valence electrons. The Morgan fingerprint density at radius 3 is 2.14 bits per heavy atom. The van der Waals surface area contributed by atoms with Crippen molar-refractivity contribution in [3.63, 3.8) is 0 Å². The van der Waals surface area contributed by atoms with Crippen LogP contribution in [0.4, 0.5) is 0 Å². The molecule has 0 aliphatic heterocycles. The highest BCUT2D eigenvalue weighted by Crippen LogP contribution is 2.35. The highest BCUT2D eigenvalue weighted by molar-refractivity contribution is 7.91. The molecule has 5 aromatic rings. The van der Waals surface area contributed by atoms with Crippen molar-refractivity contribution in [3.8, 4) is 11.3 Å². The van der Waals surface area contributed by atoms with E-state index in [0.29, 0.717) is 16.6 Å². The van der Waals surface area contributed by atoms with Gasteiger partial charge in [0.05, 0.1) is 26.5 Å². The Labute approximate surface area is 168 Å². The Kier molecular flexibility index (Phi) is 4.11. The van der Waals surface area contributed by atoms with E-state index in [0.717, 1.165) is 16.5 Å².